The van der Waals surface area contributed by atoms with Gasteiger partial charge in [-0.25, -0.2) is 4.39 Å². The van der Waals surface area contributed by atoms with E-state index in [1.165, 1.54) is 43.2 Å². The van der Waals surface area contributed by atoms with Crippen LogP contribution in [-0.4, -0.2) is 11.5 Å². The molecule has 0 radical (unpaired) electrons. The lowest BCUT2D eigenvalue weighted by molar-refractivity contribution is -0.141. The second-order valence-electron chi connectivity index (χ2n) is 7.37. The zero-order chi connectivity index (χ0) is 14.4. The number of halogens is 1. The molecule has 4 bridgehead atoms. The Bertz CT molecular complexity index is 533. The topological polar surface area (TPSA) is 17.1 Å². The molecule has 4 aliphatic rings. The molecular weight excluding hydrogens is 283 g/mol. The van der Waals surface area contributed by atoms with Crippen molar-refractivity contribution in [3.05, 3.63) is 30.1 Å². The molecule has 0 N–H and O–H groups in total. The molecule has 0 spiro atoms. The van der Waals surface area contributed by atoms with E-state index < -0.39 is 0 Å². The summed E-state index contributed by atoms with van der Waals surface area (Å²) in [5, 5.41) is 0. The number of hydrogen-bond donors (Lipinski definition) is 0. The van der Waals surface area contributed by atoms with E-state index in [1.807, 2.05) is 6.07 Å². The quantitative estimate of drug-likeness (QED) is 0.750. The van der Waals surface area contributed by atoms with Crippen molar-refractivity contribution in [3.8, 4) is 0 Å². The highest BCUT2D eigenvalue weighted by molar-refractivity contribution is 8.00. The molecule has 4 saturated carbocycles. The maximum atomic E-state index is 13.2. The minimum Gasteiger partial charge on any atom is -0.298 e. The first-order chi connectivity index (χ1) is 10.1. The average molecular weight is 304 g/mol. The molecule has 1 nitrogen and oxygen atoms in total. The van der Waals surface area contributed by atoms with Crippen LogP contribution in [0.15, 0.2) is 29.2 Å². The standard InChI is InChI=1S/C18H21FOS/c19-15-2-1-3-16(7-15)21-11-17(20)18-8-12-4-13(9-18)6-14(5-12)10-18/h1-3,7,12-14H,4-6,8-11H2. The summed E-state index contributed by atoms with van der Waals surface area (Å²) in [4.78, 5) is 13.7. The Balaban J connectivity index is 1.45. The Kier molecular flexibility index (Phi) is 3.36. The van der Waals surface area contributed by atoms with Gasteiger partial charge in [-0.2, -0.15) is 0 Å². The van der Waals surface area contributed by atoms with Crippen molar-refractivity contribution >= 4 is 17.5 Å². The van der Waals surface area contributed by atoms with Crippen molar-refractivity contribution in [2.24, 2.45) is 23.2 Å². The van der Waals surface area contributed by atoms with Crippen LogP contribution >= 0.6 is 11.8 Å². The molecule has 4 aliphatic carbocycles. The Morgan fingerprint density at radius 1 is 1.14 bits per heavy atom. The summed E-state index contributed by atoms with van der Waals surface area (Å²) < 4.78 is 13.2. The molecule has 0 saturated heterocycles. The molecule has 112 valence electrons. The van der Waals surface area contributed by atoms with Crippen molar-refractivity contribution < 1.29 is 9.18 Å². The maximum Gasteiger partial charge on any atom is 0.149 e. The second kappa shape index (κ2) is 5.12. The van der Waals surface area contributed by atoms with Gasteiger partial charge in [0.15, 0.2) is 0 Å². The first-order valence-electron chi connectivity index (χ1n) is 8.05. The third-order valence-electron chi connectivity index (χ3n) is 5.80. The summed E-state index contributed by atoms with van der Waals surface area (Å²) in [6.45, 7) is 0. The number of carbonyl (C=O) groups is 1. The molecule has 3 heteroatoms. The number of rotatable bonds is 4. The summed E-state index contributed by atoms with van der Waals surface area (Å²) in [5.41, 5.74) is -0.0188. The van der Waals surface area contributed by atoms with E-state index in [0.29, 0.717) is 11.5 Å². The number of hydrogen-bond acceptors (Lipinski definition) is 2. The predicted molar refractivity (Wildman–Crippen MR) is 82.7 cm³/mol. The van der Waals surface area contributed by atoms with Crippen molar-refractivity contribution in [2.75, 3.05) is 5.75 Å². The van der Waals surface area contributed by atoms with Gasteiger partial charge in [0.2, 0.25) is 0 Å². The van der Waals surface area contributed by atoms with E-state index in [9.17, 15) is 9.18 Å². The number of thioether (sulfide) groups is 1. The second-order valence-corrected chi connectivity index (χ2v) is 8.42. The smallest absolute Gasteiger partial charge is 0.149 e. The molecule has 4 fully saturated rings. The van der Waals surface area contributed by atoms with Crippen LogP contribution in [0.25, 0.3) is 0 Å². The highest BCUT2D eigenvalue weighted by atomic mass is 32.2. The van der Waals surface area contributed by atoms with Crippen LogP contribution in [0.1, 0.15) is 38.5 Å². The minimum absolute atomic E-state index is 0.0188. The van der Waals surface area contributed by atoms with E-state index in [1.54, 1.807) is 6.07 Å². The fraction of sp³-hybridized carbons (Fsp3) is 0.611. The fourth-order valence-electron chi connectivity index (χ4n) is 5.31. The summed E-state index contributed by atoms with van der Waals surface area (Å²) in [7, 11) is 0. The lowest BCUT2D eigenvalue weighted by Gasteiger charge is -2.56. The number of benzene rings is 1. The summed E-state index contributed by atoms with van der Waals surface area (Å²) >= 11 is 1.50. The fourth-order valence-corrected chi connectivity index (χ4v) is 6.29. The highest BCUT2D eigenvalue weighted by Crippen LogP contribution is 2.60. The van der Waals surface area contributed by atoms with E-state index in [0.717, 1.165) is 41.9 Å². The van der Waals surface area contributed by atoms with Crippen LogP contribution in [0.3, 0.4) is 0 Å². The molecule has 0 heterocycles. The van der Waals surface area contributed by atoms with Gasteiger partial charge in [0.25, 0.3) is 0 Å². The minimum atomic E-state index is -0.220. The molecule has 0 atom stereocenters. The van der Waals surface area contributed by atoms with Gasteiger partial charge < -0.3 is 0 Å². The van der Waals surface area contributed by atoms with Gasteiger partial charge >= 0.3 is 0 Å². The molecule has 0 unspecified atom stereocenters. The van der Waals surface area contributed by atoms with E-state index in [2.05, 4.69) is 0 Å². The van der Waals surface area contributed by atoms with Crippen molar-refractivity contribution in [3.63, 3.8) is 0 Å². The monoisotopic (exact) mass is 304 g/mol. The number of carbonyl (C=O) groups excluding carboxylic acids is 1. The van der Waals surface area contributed by atoms with Crippen LogP contribution in [0.4, 0.5) is 4.39 Å². The molecule has 0 aromatic heterocycles. The molecule has 0 amide bonds. The van der Waals surface area contributed by atoms with Crippen LogP contribution in [0.2, 0.25) is 0 Å². The normalized spacial score (nSPS) is 36.9. The lowest BCUT2D eigenvalue weighted by Crippen LogP contribution is -2.50. The first-order valence-corrected chi connectivity index (χ1v) is 9.03. The largest absolute Gasteiger partial charge is 0.298 e. The number of ketones is 1. The van der Waals surface area contributed by atoms with Crippen LogP contribution in [-0.2, 0) is 4.79 Å². The maximum absolute atomic E-state index is 13.2. The molecular formula is C18H21FOS. The van der Waals surface area contributed by atoms with Gasteiger partial charge in [0.1, 0.15) is 11.6 Å². The van der Waals surface area contributed by atoms with Crippen LogP contribution < -0.4 is 0 Å². The van der Waals surface area contributed by atoms with Crippen LogP contribution in [0, 0.1) is 29.0 Å². The van der Waals surface area contributed by atoms with Gasteiger partial charge in [-0.05, 0) is 74.5 Å². The van der Waals surface area contributed by atoms with Crippen molar-refractivity contribution in [1.29, 1.82) is 0 Å². The molecule has 21 heavy (non-hydrogen) atoms. The Hall–Kier alpha value is -0.830. The zero-order valence-electron chi connectivity index (χ0n) is 12.2. The third kappa shape index (κ3) is 2.54. The SMILES string of the molecule is O=C(CSc1cccc(F)c1)C12CC3CC(CC(C3)C1)C2. The molecule has 1 aromatic carbocycles. The van der Waals surface area contributed by atoms with Gasteiger partial charge in [0.05, 0.1) is 5.75 Å². The van der Waals surface area contributed by atoms with Crippen molar-refractivity contribution in [1.82, 2.24) is 0 Å². The predicted octanol–water partition coefficient (Wildman–Crippen LogP) is 4.70. The number of Topliss-reactive ketones (excluding diaryl/α,β-unsaturated/α-hetero) is 1. The van der Waals surface area contributed by atoms with Gasteiger partial charge in [0, 0.05) is 10.3 Å². The highest BCUT2D eigenvalue weighted by Gasteiger charge is 2.53. The van der Waals surface area contributed by atoms with Gasteiger partial charge in [-0.3, -0.25) is 4.79 Å². The summed E-state index contributed by atoms with van der Waals surface area (Å²) in [5.74, 6) is 3.13. The Labute approximate surface area is 129 Å². The molecule has 5 rings (SSSR count). The van der Waals surface area contributed by atoms with E-state index in [-0.39, 0.29) is 11.2 Å². The van der Waals surface area contributed by atoms with Gasteiger partial charge in [-0.1, -0.05) is 6.07 Å². The third-order valence-corrected chi connectivity index (χ3v) is 6.79. The lowest BCUT2D eigenvalue weighted by atomic mass is 9.48. The molecule has 0 aliphatic heterocycles. The summed E-state index contributed by atoms with van der Waals surface area (Å²) in [6.07, 6.45) is 7.47. The van der Waals surface area contributed by atoms with Crippen molar-refractivity contribution in [2.45, 2.75) is 43.4 Å². The zero-order valence-corrected chi connectivity index (χ0v) is 13.0. The first kappa shape index (κ1) is 13.8. The molecule has 1 aromatic rings. The van der Waals surface area contributed by atoms with Gasteiger partial charge in [-0.15, -0.1) is 11.8 Å². The van der Waals surface area contributed by atoms with Crippen LogP contribution in [0.5, 0.6) is 0 Å². The van der Waals surface area contributed by atoms with E-state index >= 15 is 0 Å². The summed E-state index contributed by atoms with van der Waals surface area (Å²) in [6, 6.07) is 6.58. The van der Waals surface area contributed by atoms with E-state index in [4.69, 9.17) is 0 Å². The average Bonchev–Trinajstić information content (AvgIpc) is 2.43. The Morgan fingerprint density at radius 2 is 1.76 bits per heavy atom. The Morgan fingerprint density at radius 3 is 2.33 bits per heavy atom.